The highest BCUT2D eigenvalue weighted by atomic mass is 16.5. The molecule has 2 rings (SSSR count). The third-order valence-electron chi connectivity index (χ3n) is 3.94. The molecule has 0 spiro atoms. The van der Waals surface area contributed by atoms with Crippen molar-refractivity contribution in [2.24, 2.45) is 11.8 Å². The number of allylic oxidation sites excluding steroid dienone is 2. The van der Waals surface area contributed by atoms with Crippen molar-refractivity contribution in [2.45, 2.75) is 46.2 Å². The zero-order valence-corrected chi connectivity index (χ0v) is 12.8. The van der Waals surface area contributed by atoms with E-state index >= 15 is 0 Å². The standard InChI is InChI=1S/C17H26N2O/c1-13(2)19-10-15-8-9-18-11-17(15)20-12-16-7-5-4-6-14(16)3/h4-5,8-9,11,13-14,16,19H,6-7,10,12H2,1-3H3. The van der Waals surface area contributed by atoms with Gasteiger partial charge in [-0.25, -0.2) is 0 Å². The molecule has 0 bridgehead atoms. The molecule has 3 nitrogen and oxygen atoms in total. The molecule has 1 heterocycles. The van der Waals surface area contributed by atoms with Gasteiger partial charge in [0.25, 0.3) is 0 Å². The Bertz CT molecular complexity index is 442. The van der Waals surface area contributed by atoms with Crippen LogP contribution in [0.25, 0.3) is 0 Å². The summed E-state index contributed by atoms with van der Waals surface area (Å²) in [7, 11) is 0. The summed E-state index contributed by atoms with van der Waals surface area (Å²) < 4.78 is 6.04. The molecule has 3 heteroatoms. The van der Waals surface area contributed by atoms with Crippen LogP contribution in [0.3, 0.4) is 0 Å². The first-order valence-corrected chi connectivity index (χ1v) is 7.61. The van der Waals surface area contributed by atoms with Crippen LogP contribution in [0, 0.1) is 11.8 Å². The summed E-state index contributed by atoms with van der Waals surface area (Å²) in [5.41, 5.74) is 1.19. The third kappa shape index (κ3) is 4.34. The average molecular weight is 274 g/mol. The molecule has 0 amide bonds. The van der Waals surface area contributed by atoms with Gasteiger partial charge in [-0.1, -0.05) is 32.9 Å². The smallest absolute Gasteiger partial charge is 0.142 e. The Morgan fingerprint density at radius 3 is 2.90 bits per heavy atom. The second-order valence-corrected chi connectivity index (χ2v) is 6.01. The molecule has 1 aliphatic rings. The maximum absolute atomic E-state index is 6.04. The number of ether oxygens (including phenoxy) is 1. The third-order valence-corrected chi connectivity index (χ3v) is 3.94. The summed E-state index contributed by atoms with van der Waals surface area (Å²) >= 11 is 0. The first kappa shape index (κ1) is 15.0. The van der Waals surface area contributed by atoms with E-state index in [1.807, 2.05) is 18.5 Å². The van der Waals surface area contributed by atoms with Crippen LogP contribution < -0.4 is 10.1 Å². The monoisotopic (exact) mass is 274 g/mol. The molecule has 0 radical (unpaired) electrons. The van der Waals surface area contributed by atoms with Crippen molar-refractivity contribution in [3.63, 3.8) is 0 Å². The van der Waals surface area contributed by atoms with E-state index in [1.165, 1.54) is 12.0 Å². The molecule has 1 N–H and O–H groups in total. The molecular weight excluding hydrogens is 248 g/mol. The molecule has 0 fully saturated rings. The van der Waals surface area contributed by atoms with Gasteiger partial charge in [0.15, 0.2) is 0 Å². The molecule has 1 aromatic heterocycles. The largest absolute Gasteiger partial charge is 0.491 e. The summed E-state index contributed by atoms with van der Waals surface area (Å²) in [6.07, 6.45) is 10.5. The summed E-state index contributed by atoms with van der Waals surface area (Å²) in [5.74, 6) is 2.24. The van der Waals surface area contributed by atoms with Crippen LogP contribution >= 0.6 is 0 Å². The highest BCUT2D eigenvalue weighted by molar-refractivity contribution is 5.29. The van der Waals surface area contributed by atoms with E-state index in [4.69, 9.17) is 4.74 Å². The van der Waals surface area contributed by atoms with Crippen molar-refractivity contribution < 1.29 is 4.74 Å². The first-order valence-electron chi connectivity index (χ1n) is 7.61. The van der Waals surface area contributed by atoms with Crippen LogP contribution in [-0.4, -0.2) is 17.6 Å². The van der Waals surface area contributed by atoms with Gasteiger partial charge < -0.3 is 10.1 Å². The lowest BCUT2D eigenvalue weighted by molar-refractivity contribution is 0.196. The van der Waals surface area contributed by atoms with Gasteiger partial charge in [0.2, 0.25) is 0 Å². The summed E-state index contributed by atoms with van der Waals surface area (Å²) in [6.45, 7) is 8.22. The molecule has 0 saturated carbocycles. The molecular formula is C17H26N2O. The van der Waals surface area contributed by atoms with Gasteiger partial charge in [0.1, 0.15) is 5.75 Å². The van der Waals surface area contributed by atoms with Gasteiger partial charge in [-0.15, -0.1) is 0 Å². The lowest BCUT2D eigenvalue weighted by atomic mass is 9.85. The van der Waals surface area contributed by atoms with Gasteiger partial charge in [0, 0.05) is 24.3 Å². The zero-order chi connectivity index (χ0) is 14.4. The summed E-state index contributed by atoms with van der Waals surface area (Å²) in [5, 5.41) is 3.43. The fourth-order valence-corrected chi connectivity index (χ4v) is 2.43. The van der Waals surface area contributed by atoms with Crippen molar-refractivity contribution in [3.8, 4) is 5.75 Å². The minimum absolute atomic E-state index is 0.472. The van der Waals surface area contributed by atoms with Crippen molar-refractivity contribution >= 4 is 0 Å². The van der Waals surface area contributed by atoms with Crippen LogP contribution in [-0.2, 0) is 6.54 Å². The molecule has 1 aliphatic carbocycles. The molecule has 0 aromatic carbocycles. The molecule has 0 saturated heterocycles. The average Bonchev–Trinajstić information content (AvgIpc) is 2.45. The number of aromatic nitrogens is 1. The van der Waals surface area contributed by atoms with E-state index in [0.717, 1.165) is 25.3 Å². The summed E-state index contributed by atoms with van der Waals surface area (Å²) in [4.78, 5) is 4.19. The van der Waals surface area contributed by atoms with Gasteiger partial charge in [-0.3, -0.25) is 4.98 Å². The van der Waals surface area contributed by atoms with E-state index < -0.39 is 0 Å². The lowest BCUT2D eigenvalue weighted by Gasteiger charge is -2.25. The van der Waals surface area contributed by atoms with Crippen LogP contribution in [0.5, 0.6) is 5.75 Å². The molecule has 110 valence electrons. The number of hydrogen-bond donors (Lipinski definition) is 1. The van der Waals surface area contributed by atoms with E-state index in [-0.39, 0.29) is 0 Å². The van der Waals surface area contributed by atoms with Gasteiger partial charge in [0.05, 0.1) is 12.8 Å². The fraction of sp³-hybridized carbons (Fsp3) is 0.588. The Hall–Kier alpha value is -1.35. The van der Waals surface area contributed by atoms with Crippen molar-refractivity contribution in [2.75, 3.05) is 6.61 Å². The molecule has 1 aromatic rings. The van der Waals surface area contributed by atoms with Crippen molar-refractivity contribution in [1.29, 1.82) is 0 Å². The Labute approximate surface area is 122 Å². The van der Waals surface area contributed by atoms with Crippen LogP contribution in [0.15, 0.2) is 30.6 Å². The van der Waals surface area contributed by atoms with E-state index in [9.17, 15) is 0 Å². The maximum Gasteiger partial charge on any atom is 0.142 e. The van der Waals surface area contributed by atoms with Crippen molar-refractivity contribution in [1.82, 2.24) is 10.3 Å². The van der Waals surface area contributed by atoms with E-state index in [0.29, 0.717) is 17.9 Å². The van der Waals surface area contributed by atoms with Gasteiger partial charge in [-0.05, 0) is 30.7 Å². The predicted octanol–water partition coefficient (Wildman–Crippen LogP) is 3.56. The van der Waals surface area contributed by atoms with Gasteiger partial charge in [-0.2, -0.15) is 0 Å². The van der Waals surface area contributed by atoms with Crippen LogP contribution in [0.2, 0.25) is 0 Å². The second-order valence-electron chi connectivity index (χ2n) is 6.01. The number of rotatable bonds is 6. The van der Waals surface area contributed by atoms with Crippen molar-refractivity contribution in [3.05, 3.63) is 36.2 Å². The minimum atomic E-state index is 0.472. The van der Waals surface area contributed by atoms with Gasteiger partial charge >= 0.3 is 0 Å². The fourth-order valence-electron chi connectivity index (χ4n) is 2.43. The number of nitrogens with one attached hydrogen (secondary N) is 1. The van der Waals surface area contributed by atoms with E-state index in [2.05, 4.69) is 43.2 Å². The molecule has 2 unspecified atom stereocenters. The zero-order valence-electron chi connectivity index (χ0n) is 12.8. The first-order chi connectivity index (χ1) is 9.66. The van der Waals surface area contributed by atoms with Crippen LogP contribution in [0.4, 0.5) is 0 Å². The quantitative estimate of drug-likeness (QED) is 0.805. The normalized spacial score (nSPS) is 22.2. The van der Waals surface area contributed by atoms with E-state index in [1.54, 1.807) is 0 Å². The maximum atomic E-state index is 6.04. The Morgan fingerprint density at radius 1 is 1.35 bits per heavy atom. The Balaban J connectivity index is 1.93. The molecule has 20 heavy (non-hydrogen) atoms. The predicted molar refractivity (Wildman–Crippen MR) is 82.7 cm³/mol. The topological polar surface area (TPSA) is 34.2 Å². The summed E-state index contributed by atoms with van der Waals surface area (Å²) in [6, 6.07) is 2.51. The lowest BCUT2D eigenvalue weighted by Crippen LogP contribution is -2.24. The number of nitrogens with zero attached hydrogens (tertiary/aromatic N) is 1. The number of hydrogen-bond acceptors (Lipinski definition) is 3. The molecule has 0 aliphatic heterocycles. The minimum Gasteiger partial charge on any atom is -0.491 e. The Morgan fingerprint density at radius 2 is 2.15 bits per heavy atom. The SMILES string of the molecule is CC(C)NCc1ccncc1OCC1CC=CCC1C. The Kier molecular flexibility index (Phi) is 5.60. The highest BCUT2D eigenvalue weighted by Gasteiger charge is 2.19. The second kappa shape index (κ2) is 7.44. The highest BCUT2D eigenvalue weighted by Crippen LogP contribution is 2.26. The molecule has 2 atom stereocenters. The van der Waals surface area contributed by atoms with Crippen LogP contribution in [0.1, 0.15) is 39.2 Å². The number of pyridine rings is 1.